The highest BCUT2D eigenvalue weighted by Gasteiger charge is 2.49. The van der Waals surface area contributed by atoms with Gasteiger partial charge in [0.1, 0.15) is 11.3 Å². The number of hydrogen-bond acceptors (Lipinski definition) is 4. The van der Waals surface area contributed by atoms with Crippen molar-refractivity contribution >= 4 is 11.9 Å². The Hall–Kier alpha value is -2.55. The van der Waals surface area contributed by atoms with E-state index in [-0.39, 0.29) is 12.5 Å². The van der Waals surface area contributed by atoms with E-state index in [1.54, 1.807) is 38.1 Å². The van der Waals surface area contributed by atoms with E-state index in [9.17, 15) is 9.59 Å². The molecule has 21 heavy (non-hydrogen) atoms. The lowest BCUT2D eigenvalue weighted by Crippen LogP contribution is -2.41. The van der Waals surface area contributed by atoms with Crippen LogP contribution in [0.5, 0.6) is 5.75 Å². The number of nitrogens with one attached hydrogen (secondary N) is 1. The topological polar surface area (TPSA) is 82.4 Å². The Labute approximate surface area is 123 Å². The normalized spacial score (nSPS) is 22.7. The van der Waals surface area contributed by atoms with Crippen molar-refractivity contribution in [2.75, 3.05) is 13.7 Å². The molecule has 0 aliphatic carbocycles. The second-order valence-electron chi connectivity index (χ2n) is 5.23. The highest BCUT2D eigenvalue weighted by Crippen LogP contribution is 2.31. The Bertz CT molecular complexity index is 623. The fourth-order valence-electron chi connectivity index (χ4n) is 2.31. The van der Waals surface area contributed by atoms with Crippen molar-refractivity contribution in [1.29, 1.82) is 5.26 Å². The number of benzene rings is 1. The fraction of sp³-hybridized carbons (Fsp3) is 0.400. The van der Waals surface area contributed by atoms with Crippen LogP contribution >= 0.6 is 0 Å². The average molecular weight is 287 g/mol. The molecule has 1 heterocycles. The van der Waals surface area contributed by atoms with Crippen molar-refractivity contribution in [3.05, 3.63) is 29.8 Å². The van der Waals surface area contributed by atoms with E-state index >= 15 is 0 Å². The molecule has 2 rings (SSSR count). The van der Waals surface area contributed by atoms with Crippen LogP contribution < -0.4 is 10.1 Å². The van der Waals surface area contributed by atoms with E-state index in [1.165, 1.54) is 7.11 Å². The largest absolute Gasteiger partial charge is 0.497 e. The molecule has 0 saturated carbocycles. The first-order chi connectivity index (χ1) is 9.92. The van der Waals surface area contributed by atoms with E-state index in [0.29, 0.717) is 11.3 Å². The van der Waals surface area contributed by atoms with Crippen LogP contribution in [-0.4, -0.2) is 30.5 Å². The zero-order valence-corrected chi connectivity index (χ0v) is 12.2. The molecule has 6 heteroatoms. The van der Waals surface area contributed by atoms with Gasteiger partial charge in [0.15, 0.2) is 0 Å². The number of imide groups is 1. The van der Waals surface area contributed by atoms with Crippen molar-refractivity contribution in [2.45, 2.75) is 19.4 Å². The van der Waals surface area contributed by atoms with Gasteiger partial charge in [0, 0.05) is 6.54 Å². The van der Waals surface area contributed by atoms with Gasteiger partial charge in [-0.2, -0.15) is 5.26 Å². The first kappa shape index (κ1) is 14.9. The molecular weight excluding hydrogens is 270 g/mol. The molecule has 1 N–H and O–H groups in total. The van der Waals surface area contributed by atoms with Crippen molar-refractivity contribution in [2.24, 2.45) is 5.92 Å². The molecule has 2 unspecified atom stereocenters. The van der Waals surface area contributed by atoms with Crippen LogP contribution in [0.1, 0.15) is 19.4 Å². The summed E-state index contributed by atoms with van der Waals surface area (Å²) in [6.07, 6.45) is 0. The summed E-state index contributed by atoms with van der Waals surface area (Å²) in [7, 11) is 1.54. The SMILES string of the molecule is COc1cccc(C2(C)NC(=O)N(CC(C)C#N)C2=O)c1. The van der Waals surface area contributed by atoms with Crippen LogP contribution in [-0.2, 0) is 10.3 Å². The Morgan fingerprint density at radius 1 is 1.48 bits per heavy atom. The number of urea groups is 1. The van der Waals surface area contributed by atoms with Gasteiger partial charge in [0.2, 0.25) is 0 Å². The second kappa shape index (κ2) is 5.44. The molecule has 6 nitrogen and oxygen atoms in total. The number of carbonyl (C=O) groups excluding carboxylic acids is 2. The highest BCUT2D eigenvalue weighted by molar-refractivity contribution is 6.07. The Balaban J connectivity index is 2.33. The molecule has 1 saturated heterocycles. The van der Waals surface area contributed by atoms with Crippen LogP contribution in [0.4, 0.5) is 4.79 Å². The number of hydrogen-bond donors (Lipinski definition) is 1. The smallest absolute Gasteiger partial charge is 0.325 e. The predicted octanol–water partition coefficient (Wildman–Crippen LogP) is 1.62. The summed E-state index contributed by atoms with van der Waals surface area (Å²) in [4.78, 5) is 25.7. The van der Waals surface area contributed by atoms with E-state index in [4.69, 9.17) is 10.00 Å². The van der Waals surface area contributed by atoms with E-state index in [0.717, 1.165) is 4.90 Å². The van der Waals surface area contributed by atoms with Crippen LogP contribution in [0.15, 0.2) is 24.3 Å². The van der Waals surface area contributed by atoms with Gasteiger partial charge in [-0.3, -0.25) is 9.69 Å². The van der Waals surface area contributed by atoms with Crippen LogP contribution in [0.25, 0.3) is 0 Å². The Morgan fingerprint density at radius 3 is 2.81 bits per heavy atom. The van der Waals surface area contributed by atoms with Gasteiger partial charge in [-0.25, -0.2) is 4.79 Å². The summed E-state index contributed by atoms with van der Waals surface area (Å²) in [6, 6.07) is 8.56. The van der Waals surface area contributed by atoms with E-state index < -0.39 is 17.5 Å². The number of rotatable bonds is 4. The van der Waals surface area contributed by atoms with Gasteiger partial charge >= 0.3 is 6.03 Å². The molecule has 1 aliphatic rings. The fourth-order valence-corrected chi connectivity index (χ4v) is 2.31. The molecule has 0 bridgehead atoms. The molecule has 2 atom stereocenters. The summed E-state index contributed by atoms with van der Waals surface area (Å²) in [5, 5.41) is 11.5. The summed E-state index contributed by atoms with van der Waals surface area (Å²) >= 11 is 0. The number of nitrogens with zero attached hydrogens (tertiary/aromatic N) is 2. The number of amides is 3. The molecule has 3 amide bonds. The van der Waals surface area contributed by atoms with E-state index in [2.05, 4.69) is 5.32 Å². The third-order valence-corrected chi connectivity index (χ3v) is 3.60. The van der Waals surface area contributed by atoms with Crippen molar-refractivity contribution in [3.63, 3.8) is 0 Å². The first-order valence-corrected chi connectivity index (χ1v) is 6.60. The summed E-state index contributed by atoms with van der Waals surface area (Å²) in [5.74, 6) is -0.158. The minimum atomic E-state index is -1.14. The second-order valence-corrected chi connectivity index (χ2v) is 5.23. The minimum Gasteiger partial charge on any atom is -0.497 e. The monoisotopic (exact) mass is 287 g/mol. The first-order valence-electron chi connectivity index (χ1n) is 6.60. The van der Waals surface area contributed by atoms with Crippen molar-refractivity contribution < 1.29 is 14.3 Å². The molecular formula is C15H17N3O3. The Morgan fingerprint density at radius 2 is 2.19 bits per heavy atom. The third-order valence-electron chi connectivity index (χ3n) is 3.60. The number of carbonyl (C=O) groups is 2. The summed E-state index contributed by atoms with van der Waals surface area (Å²) in [6.45, 7) is 3.40. The lowest BCUT2D eigenvalue weighted by molar-refractivity contribution is -0.131. The molecule has 1 aromatic rings. The number of nitriles is 1. The average Bonchev–Trinajstić information content (AvgIpc) is 2.71. The molecule has 0 aromatic heterocycles. The molecule has 0 spiro atoms. The lowest BCUT2D eigenvalue weighted by atomic mass is 9.92. The van der Waals surface area contributed by atoms with Gasteiger partial charge in [-0.1, -0.05) is 12.1 Å². The van der Waals surface area contributed by atoms with Crippen LogP contribution in [0, 0.1) is 17.2 Å². The molecule has 1 aromatic carbocycles. The third kappa shape index (κ3) is 2.55. The summed E-state index contributed by atoms with van der Waals surface area (Å²) in [5.41, 5.74) is -0.492. The van der Waals surface area contributed by atoms with Crippen LogP contribution in [0.2, 0.25) is 0 Å². The zero-order chi connectivity index (χ0) is 15.6. The van der Waals surface area contributed by atoms with Crippen molar-refractivity contribution in [3.8, 4) is 11.8 Å². The standard InChI is InChI=1S/C15H17N3O3/c1-10(8-16)9-18-13(19)15(2,17-14(18)20)11-5-4-6-12(7-11)21-3/h4-7,10H,9H2,1-3H3,(H,17,20). The maximum atomic E-state index is 12.6. The maximum absolute atomic E-state index is 12.6. The van der Waals surface area contributed by atoms with Gasteiger partial charge < -0.3 is 10.1 Å². The molecule has 1 fully saturated rings. The minimum absolute atomic E-state index is 0.0841. The number of ether oxygens (including phenoxy) is 1. The van der Waals surface area contributed by atoms with Gasteiger partial charge in [0.25, 0.3) is 5.91 Å². The Kier molecular flexibility index (Phi) is 3.85. The molecule has 0 radical (unpaired) electrons. The van der Waals surface area contributed by atoms with E-state index in [1.807, 2.05) is 6.07 Å². The summed E-state index contributed by atoms with van der Waals surface area (Å²) < 4.78 is 5.15. The van der Waals surface area contributed by atoms with Gasteiger partial charge in [-0.15, -0.1) is 0 Å². The lowest BCUT2D eigenvalue weighted by Gasteiger charge is -2.23. The molecule has 110 valence electrons. The van der Waals surface area contributed by atoms with Gasteiger partial charge in [0.05, 0.1) is 19.1 Å². The predicted molar refractivity (Wildman–Crippen MR) is 75.4 cm³/mol. The molecule has 1 aliphatic heterocycles. The zero-order valence-electron chi connectivity index (χ0n) is 12.2. The maximum Gasteiger partial charge on any atom is 0.325 e. The van der Waals surface area contributed by atoms with Crippen LogP contribution in [0.3, 0.4) is 0 Å². The van der Waals surface area contributed by atoms with Gasteiger partial charge in [-0.05, 0) is 31.5 Å². The quantitative estimate of drug-likeness (QED) is 0.853. The number of methoxy groups -OCH3 is 1. The van der Waals surface area contributed by atoms with Crippen molar-refractivity contribution in [1.82, 2.24) is 10.2 Å². The highest BCUT2D eigenvalue weighted by atomic mass is 16.5.